The van der Waals surface area contributed by atoms with Gasteiger partial charge in [0.25, 0.3) is 0 Å². The highest BCUT2D eigenvalue weighted by atomic mass is 32.2. The van der Waals surface area contributed by atoms with Crippen LogP contribution in [0.3, 0.4) is 0 Å². The van der Waals surface area contributed by atoms with Crippen LogP contribution in [0.5, 0.6) is 5.75 Å². The fraction of sp³-hybridized carbons (Fsp3) is 0.600. The molecular weight excluding hydrogens is 302 g/mol. The topological polar surface area (TPSA) is 70.7 Å². The summed E-state index contributed by atoms with van der Waals surface area (Å²) in [6.45, 7) is 8.87. The monoisotopic (exact) mass is 327 g/mol. The highest BCUT2D eigenvalue weighted by Crippen LogP contribution is 2.16. The van der Waals surface area contributed by atoms with Crippen molar-refractivity contribution < 1.29 is 13.2 Å². The Bertz CT molecular complexity index is 552. The molecule has 124 valence electrons. The van der Waals surface area contributed by atoms with Crippen LogP contribution >= 0.6 is 0 Å². The highest BCUT2D eigenvalue weighted by Gasteiger charge is 2.15. The number of sulfonamides is 1. The van der Waals surface area contributed by atoms with Crippen LogP contribution in [0.4, 0.5) is 0 Å². The summed E-state index contributed by atoms with van der Waals surface area (Å²) in [6, 6.07) is 6.52. The lowest BCUT2D eigenvalue weighted by Crippen LogP contribution is -2.46. The van der Waals surface area contributed by atoms with E-state index in [1.165, 1.54) is 0 Å². The molecule has 2 N–H and O–H groups in total. The third kappa shape index (κ3) is 5.24. The Morgan fingerprint density at radius 2 is 1.86 bits per heavy atom. The van der Waals surface area contributed by atoms with Crippen LogP contribution in [0.1, 0.15) is 13.8 Å². The van der Waals surface area contributed by atoms with Crippen LogP contribution in [0.15, 0.2) is 29.2 Å². The minimum Gasteiger partial charge on any atom is -0.491 e. The van der Waals surface area contributed by atoms with E-state index in [-0.39, 0.29) is 11.0 Å². The summed E-state index contributed by atoms with van der Waals surface area (Å²) >= 11 is 0. The predicted octanol–water partition coefficient (Wildman–Crippen LogP) is 0.657. The zero-order valence-electron chi connectivity index (χ0n) is 13.2. The predicted molar refractivity (Wildman–Crippen MR) is 86.7 cm³/mol. The Labute approximate surface area is 132 Å². The fourth-order valence-electron chi connectivity index (χ4n) is 2.33. The molecule has 2 rings (SSSR count). The standard InChI is InChI=1S/C15H25N3O3S/c1-13(2)21-14-3-5-15(6-4-14)22(19,20)17-9-12-18-10-7-16-8-11-18/h3-6,13,16-17H,7-12H2,1-2H3. The van der Waals surface area contributed by atoms with Crippen molar-refractivity contribution in [1.82, 2.24) is 14.9 Å². The molecule has 0 saturated carbocycles. The Hall–Kier alpha value is -1.15. The Morgan fingerprint density at radius 1 is 1.23 bits per heavy atom. The lowest BCUT2D eigenvalue weighted by Gasteiger charge is -2.27. The molecule has 0 bridgehead atoms. The summed E-state index contributed by atoms with van der Waals surface area (Å²) in [5, 5.41) is 3.27. The van der Waals surface area contributed by atoms with Crippen molar-refractivity contribution in [2.45, 2.75) is 24.8 Å². The number of nitrogens with zero attached hydrogens (tertiary/aromatic N) is 1. The maximum Gasteiger partial charge on any atom is 0.240 e. The molecule has 0 unspecified atom stereocenters. The lowest BCUT2D eigenvalue weighted by molar-refractivity contribution is 0.242. The van der Waals surface area contributed by atoms with Crippen molar-refractivity contribution >= 4 is 10.0 Å². The quantitative estimate of drug-likeness (QED) is 0.770. The molecule has 1 aromatic rings. The first-order valence-corrected chi connectivity index (χ1v) is 9.15. The number of hydrogen-bond acceptors (Lipinski definition) is 5. The van der Waals surface area contributed by atoms with E-state index in [1.54, 1.807) is 24.3 Å². The van der Waals surface area contributed by atoms with Crippen molar-refractivity contribution in [3.05, 3.63) is 24.3 Å². The maximum absolute atomic E-state index is 12.2. The maximum atomic E-state index is 12.2. The third-order valence-corrected chi connectivity index (χ3v) is 4.91. The fourth-order valence-corrected chi connectivity index (χ4v) is 3.35. The van der Waals surface area contributed by atoms with Gasteiger partial charge in [-0.1, -0.05) is 0 Å². The van der Waals surface area contributed by atoms with Crippen LogP contribution in [0.2, 0.25) is 0 Å². The minimum atomic E-state index is -3.45. The van der Waals surface area contributed by atoms with Gasteiger partial charge in [0.15, 0.2) is 0 Å². The van der Waals surface area contributed by atoms with Gasteiger partial charge >= 0.3 is 0 Å². The average molecular weight is 327 g/mol. The largest absolute Gasteiger partial charge is 0.491 e. The van der Waals surface area contributed by atoms with Gasteiger partial charge in [0.2, 0.25) is 10.0 Å². The number of benzene rings is 1. The highest BCUT2D eigenvalue weighted by molar-refractivity contribution is 7.89. The molecule has 1 heterocycles. The smallest absolute Gasteiger partial charge is 0.240 e. The summed E-state index contributed by atoms with van der Waals surface area (Å²) in [4.78, 5) is 2.52. The Balaban J connectivity index is 1.86. The molecule has 0 spiro atoms. The van der Waals surface area contributed by atoms with Crippen molar-refractivity contribution in [3.8, 4) is 5.75 Å². The van der Waals surface area contributed by atoms with Gasteiger partial charge in [-0.25, -0.2) is 13.1 Å². The molecule has 1 saturated heterocycles. The minimum absolute atomic E-state index is 0.0691. The summed E-state index contributed by atoms with van der Waals surface area (Å²) in [6.07, 6.45) is 0.0691. The molecule has 0 aliphatic carbocycles. The van der Waals surface area contributed by atoms with Crippen molar-refractivity contribution in [2.24, 2.45) is 0 Å². The van der Waals surface area contributed by atoms with Crippen molar-refractivity contribution in [1.29, 1.82) is 0 Å². The van der Waals surface area contributed by atoms with Gasteiger partial charge in [0, 0.05) is 39.3 Å². The molecule has 1 aromatic carbocycles. The van der Waals surface area contributed by atoms with E-state index < -0.39 is 10.0 Å². The van der Waals surface area contributed by atoms with Crippen molar-refractivity contribution in [2.75, 3.05) is 39.3 Å². The van der Waals surface area contributed by atoms with Crippen LogP contribution in [-0.2, 0) is 10.0 Å². The second-order valence-corrected chi connectivity index (χ2v) is 7.39. The molecule has 0 amide bonds. The van der Waals surface area contributed by atoms with Gasteiger partial charge in [0.1, 0.15) is 5.75 Å². The van der Waals surface area contributed by atoms with Gasteiger partial charge in [-0.2, -0.15) is 0 Å². The van der Waals surface area contributed by atoms with Crippen LogP contribution in [-0.4, -0.2) is 58.7 Å². The number of hydrogen-bond donors (Lipinski definition) is 2. The molecule has 0 atom stereocenters. The molecular formula is C15H25N3O3S. The average Bonchev–Trinajstić information content (AvgIpc) is 2.48. The van der Waals surface area contributed by atoms with E-state index in [2.05, 4.69) is 14.9 Å². The van der Waals surface area contributed by atoms with Crippen LogP contribution in [0.25, 0.3) is 0 Å². The van der Waals surface area contributed by atoms with E-state index in [0.29, 0.717) is 12.3 Å². The lowest BCUT2D eigenvalue weighted by atomic mass is 10.3. The number of piperazine rings is 1. The van der Waals surface area contributed by atoms with E-state index in [0.717, 1.165) is 32.7 Å². The first kappa shape index (κ1) is 17.2. The first-order chi connectivity index (χ1) is 10.5. The number of ether oxygens (including phenoxy) is 1. The summed E-state index contributed by atoms with van der Waals surface area (Å²) < 4.78 is 32.6. The van der Waals surface area contributed by atoms with Gasteiger partial charge in [-0.15, -0.1) is 0 Å². The van der Waals surface area contributed by atoms with E-state index >= 15 is 0 Å². The van der Waals surface area contributed by atoms with Gasteiger partial charge in [-0.05, 0) is 38.1 Å². The van der Waals surface area contributed by atoms with Gasteiger partial charge in [-0.3, -0.25) is 4.90 Å². The van der Waals surface area contributed by atoms with Crippen molar-refractivity contribution in [3.63, 3.8) is 0 Å². The Morgan fingerprint density at radius 3 is 2.45 bits per heavy atom. The van der Waals surface area contributed by atoms with Crippen LogP contribution < -0.4 is 14.8 Å². The van der Waals surface area contributed by atoms with Crippen LogP contribution in [0, 0.1) is 0 Å². The molecule has 7 heteroatoms. The second kappa shape index (κ2) is 7.92. The Kier molecular flexibility index (Phi) is 6.19. The van der Waals surface area contributed by atoms with E-state index in [4.69, 9.17) is 4.74 Å². The van der Waals surface area contributed by atoms with Gasteiger partial charge in [0.05, 0.1) is 11.0 Å². The molecule has 1 aliphatic heterocycles. The zero-order chi connectivity index (χ0) is 16.0. The third-order valence-electron chi connectivity index (χ3n) is 3.44. The molecule has 6 nitrogen and oxygen atoms in total. The summed E-state index contributed by atoms with van der Waals surface area (Å²) in [7, 11) is -3.45. The van der Waals surface area contributed by atoms with E-state index in [9.17, 15) is 8.42 Å². The number of rotatable bonds is 7. The molecule has 0 radical (unpaired) electrons. The molecule has 22 heavy (non-hydrogen) atoms. The summed E-state index contributed by atoms with van der Waals surface area (Å²) in [5.74, 6) is 0.676. The van der Waals surface area contributed by atoms with E-state index in [1.807, 2.05) is 13.8 Å². The molecule has 1 aliphatic rings. The normalized spacial score (nSPS) is 16.9. The zero-order valence-corrected chi connectivity index (χ0v) is 14.0. The molecule has 1 fully saturated rings. The SMILES string of the molecule is CC(C)Oc1ccc(S(=O)(=O)NCCN2CCNCC2)cc1. The summed E-state index contributed by atoms with van der Waals surface area (Å²) in [5.41, 5.74) is 0. The second-order valence-electron chi connectivity index (χ2n) is 5.63. The first-order valence-electron chi connectivity index (χ1n) is 7.67. The van der Waals surface area contributed by atoms with Gasteiger partial charge < -0.3 is 10.1 Å². The molecule has 0 aromatic heterocycles. The number of nitrogens with one attached hydrogen (secondary N) is 2.